The molecule has 3 aromatic rings. The van der Waals surface area contributed by atoms with Crippen molar-refractivity contribution in [1.82, 2.24) is 15.2 Å². The number of nitrogens with one attached hydrogen (secondary N) is 2. The van der Waals surface area contributed by atoms with Crippen LogP contribution in [0.25, 0.3) is 0 Å². The molecule has 0 radical (unpaired) electrons. The lowest BCUT2D eigenvalue weighted by molar-refractivity contribution is -0.124. The number of halogens is 1. The molecule has 0 unspecified atom stereocenters. The van der Waals surface area contributed by atoms with Crippen molar-refractivity contribution < 1.29 is 14.0 Å². The Morgan fingerprint density at radius 3 is 2.56 bits per heavy atom. The summed E-state index contributed by atoms with van der Waals surface area (Å²) in [6, 6.07) is 11.8. The minimum atomic E-state index is -0.601. The molecule has 0 saturated heterocycles. The number of anilines is 2. The van der Waals surface area contributed by atoms with Crippen LogP contribution in [0.4, 0.5) is 15.8 Å². The molecule has 8 heteroatoms. The van der Waals surface area contributed by atoms with Crippen molar-refractivity contribution in [3.05, 3.63) is 71.1 Å². The molecule has 1 aromatic heterocycles. The molecule has 2 aromatic carbocycles. The van der Waals surface area contributed by atoms with Gasteiger partial charge in [-0.1, -0.05) is 18.6 Å². The average molecular weight is 433 g/mol. The highest BCUT2D eigenvalue weighted by Crippen LogP contribution is 2.46. The number of fused-ring (bicyclic) bond motifs is 1. The topological polar surface area (TPSA) is 91.0 Å². The van der Waals surface area contributed by atoms with Crippen molar-refractivity contribution in [3.63, 3.8) is 0 Å². The number of aryl methyl sites for hydroxylation is 2. The highest BCUT2D eigenvalue weighted by Gasteiger charge is 2.46. The highest BCUT2D eigenvalue weighted by atomic mass is 19.1. The van der Waals surface area contributed by atoms with Gasteiger partial charge >= 0.3 is 0 Å². The Bertz CT molecular complexity index is 1180. The van der Waals surface area contributed by atoms with E-state index >= 15 is 0 Å². The van der Waals surface area contributed by atoms with E-state index in [0.717, 1.165) is 48.9 Å². The van der Waals surface area contributed by atoms with E-state index in [1.807, 2.05) is 12.1 Å². The lowest BCUT2D eigenvalue weighted by Crippen LogP contribution is -2.46. The Labute approximate surface area is 185 Å². The number of hydrogen-bond acceptors (Lipinski definition) is 4. The fourth-order valence-electron chi connectivity index (χ4n) is 4.63. The zero-order valence-electron chi connectivity index (χ0n) is 17.8. The van der Waals surface area contributed by atoms with Crippen molar-refractivity contribution in [2.75, 3.05) is 16.8 Å². The summed E-state index contributed by atoms with van der Waals surface area (Å²) in [5, 5.41) is 9.68. The van der Waals surface area contributed by atoms with Crippen molar-refractivity contribution in [3.8, 4) is 0 Å². The molecule has 7 nitrogen and oxygen atoms in total. The van der Waals surface area contributed by atoms with Gasteiger partial charge in [-0.05, 0) is 74.1 Å². The lowest BCUT2D eigenvalue weighted by atomic mass is 9.63. The van der Waals surface area contributed by atoms with Crippen LogP contribution in [0.3, 0.4) is 0 Å². The maximum atomic E-state index is 13.2. The van der Waals surface area contributed by atoms with Crippen molar-refractivity contribution in [2.45, 2.75) is 44.4 Å². The molecule has 2 aliphatic rings. The molecule has 164 valence electrons. The van der Waals surface area contributed by atoms with Crippen LogP contribution < -0.4 is 10.2 Å². The van der Waals surface area contributed by atoms with Crippen LogP contribution in [0.1, 0.15) is 53.3 Å². The van der Waals surface area contributed by atoms with Gasteiger partial charge in [-0.15, -0.1) is 5.10 Å². The smallest absolute Gasteiger partial charge is 0.297 e. The molecule has 1 fully saturated rings. The van der Waals surface area contributed by atoms with E-state index in [4.69, 9.17) is 0 Å². The van der Waals surface area contributed by atoms with Gasteiger partial charge in [0.1, 0.15) is 11.6 Å². The Morgan fingerprint density at radius 2 is 1.91 bits per heavy atom. The predicted octanol–water partition coefficient (Wildman–Crippen LogP) is 3.91. The predicted molar refractivity (Wildman–Crippen MR) is 118 cm³/mol. The molecular weight excluding hydrogens is 409 g/mol. The number of hydrogen-bond donors (Lipinski definition) is 2. The van der Waals surface area contributed by atoms with E-state index in [2.05, 4.69) is 26.6 Å². The third-order valence-corrected chi connectivity index (χ3v) is 6.53. The Kier molecular flexibility index (Phi) is 5.00. The quantitative estimate of drug-likeness (QED) is 0.653. The molecule has 0 atom stereocenters. The molecule has 1 saturated carbocycles. The number of carbonyl (C=O) groups is 2. The SMILES string of the molecule is Cc1nc(C(=O)N2CCCc3cc(C4(C(=O)Nc5ccc(F)cc5)CCC4)ccc32)n[nH]1. The van der Waals surface area contributed by atoms with Gasteiger partial charge in [-0.25, -0.2) is 9.37 Å². The van der Waals surface area contributed by atoms with Gasteiger partial charge in [0.2, 0.25) is 11.7 Å². The molecule has 2 heterocycles. The molecule has 1 aliphatic heterocycles. The van der Waals surface area contributed by atoms with Gasteiger partial charge in [-0.2, -0.15) is 0 Å². The second-order valence-electron chi connectivity index (χ2n) is 8.54. The lowest BCUT2D eigenvalue weighted by Gasteiger charge is -2.41. The first-order chi connectivity index (χ1) is 15.5. The molecule has 5 rings (SSSR count). The Morgan fingerprint density at radius 1 is 1.12 bits per heavy atom. The van der Waals surface area contributed by atoms with Gasteiger partial charge in [-0.3, -0.25) is 14.7 Å². The largest absolute Gasteiger partial charge is 0.325 e. The van der Waals surface area contributed by atoms with Crippen LogP contribution >= 0.6 is 0 Å². The van der Waals surface area contributed by atoms with Gasteiger partial charge in [0, 0.05) is 17.9 Å². The first-order valence-electron chi connectivity index (χ1n) is 10.9. The van der Waals surface area contributed by atoms with Crippen LogP contribution in [0.5, 0.6) is 0 Å². The van der Waals surface area contributed by atoms with E-state index in [9.17, 15) is 14.0 Å². The van der Waals surface area contributed by atoms with E-state index in [-0.39, 0.29) is 23.5 Å². The number of carbonyl (C=O) groups excluding carboxylic acids is 2. The highest BCUT2D eigenvalue weighted by molar-refractivity contribution is 6.04. The molecule has 1 aliphatic carbocycles. The average Bonchev–Trinajstić information content (AvgIpc) is 3.20. The van der Waals surface area contributed by atoms with Crippen LogP contribution in [0.2, 0.25) is 0 Å². The van der Waals surface area contributed by atoms with Crippen molar-refractivity contribution in [1.29, 1.82) is 0 Å². The number of amides is 2. The maximum absolute atomic E-state index is 13.2. The number of nitrogens with zero attached hydrogens (tertiary/aromatic N) is 3. The second kappa shape index (κ2) is 7.85. The summed E-state index contributed by atoms with van der Waals surface area (Å²) in [6.07, 6.45) is 4.18. The third-order valence-electron chi connectivity index (χ3n) is 6.53. The van der Waals surface area contributed by atoms with Crippen LogP contribution in [-0.2, 0) is 16.6 Å². The zero-order chi connectivity index (χ0) is 22.3. The number of rotatable bonds is 4. The molecular formula is C24H24FN5O2. The maximum Gasteiger partial charge on any atom is 0.297 e. The summed E-state index contributed by atoms with van der Waals surface area (Å²) in [4.78, 5) is 32.1. The van der Waals surface area contributed by atoms with Crippen LogP contribution in [-0.4, -0.2) is 33.5 Å². The molecule has 2 N–H and O–H groups in total. The minimum absolute atomic E-state index is 0.0738. The van der Waals surface area contributed by atoms with E-state index in [1.54, 1.807) is 24.0 Å². The van der Waals surface area contributed by atoms with Gasteiger partial charge in [0.15, 0.2) is 0 Å². The first-order valence-corrected chi connectivity index (χ1v) is 10.9. The van der Waals surface area contributed by atoms with Crippen molar-refractivity contribution in [2.24, 2.45) is 0 Å². The molecule has 32 heavy (non-hydrogen) atoms. The fraction of sp³-hybridized carbons (Fsp3) is 0.333. The molecule has 0 bridgehead atoms. The minimum Gasteiger partial charge on any atom is -0.325 e. The zero-order valence-corrected chi connectivity index (χ0v) is 17.8. The summed E-state index contributed by atoms with van der Waals surface area (Å²) in [5.41, 5.74) is 2.84. The monoisotopic (exact) mass is 433 g/mol. The fourth-order valence-corrected chi connectivity index (χ4v) is 4.63. The summed E-state index contributed by atoms with van der Waals surface area (Å²) in [5.74, 6) is 0.120. The second-order valence-corrected chi connectivity index (χ2v) is 8.54. The summed E-state index contributed by atoms with van der Waals surface area (Å²) in [7, 11) is 0. The third kappa shape index (κ3) is 3.45. The number of H-pyrrole nitrogens is 1. The van der Waals surface area contributed by atoms with E-state index in [0.29, 0.717) is 18.1 Å². The van der Waals surface area contributed by atoms with Gasteiger partial charge < -0.3 is 10.2 Å². The van der Waals surface area contributed by atoms with Crippen molar-refractivity contribution >= 4 is 23.2 Å². The van der Waals surface area contributed by atoms with Crippen LogP contribution in [0.15, 0.2) is 42.5 Å². The Hall–Kier alpha value is -3.55. The summed E-state index contributed by atoms with van der Waals surface area (Å²) >= 11 is 0. The number of aromatic nitrogens is 3. The molecule has 0 spiro atoms. The standard InChI is InChI=1S/C24H24FN5O2/c1-15-26-21(29-28-15)22(31)30-13-2-4-16-14-17(5-10-20(16)30)24(11-3-12-24)23(32)27-19-8-6-18(25)7-9-19/h5-10,14H,2-4,11-13H2,1H3,(H,27,32)(H,26,28,29). The van der Waals surface area contributed by atoms with Gasteiger partial charge in [0.05, 0.1) is 5.41 Å². The van der Waals surface area contributed by atoms with E-state index in [1.165, 1.54) is 12.1 Å². The molecule has 2 amide bonds. The summed E-state index contributed by atoms with van der Waals surface area (Å²) < 4.78 is 13.2. The van der Waals surface area contributed by atoms with Gasteiger partial charge in [0.25, 0.3) is 5.91 Å². The first kappa shape index (κ1) is 20.4. The van der Waals surface area contributed by atoms with Crippen LogP contribution in [0, 0.1) is 12.7 Å². The summed E-state index contributed by atoms with van der Waals surface area (Å²) in [6.45, 7) is 2.37. The number of benzene rings is 2. The van der Waals surface area contributed by atoms with E-state index < -0.39 is 5.41 Å². The Balaban J connectivity index is 1.42. The number of aromatic amines is 1. The normalized spacial score (nSPS) is 16.8.